The maximum Gasteiger partial charge on any atom is 0.222 e. The van der Waals surface area contributed by atoms with Crippen LogP contribution in [0, 0.1) is 11.3 Å². The fourth-order valence-electron chi connectivity index (χ4n) is 3.20. The number of rotatable bonds is 5. The minimum Gasteiger partial charge on any atom is -0.389 e. The predicted molar refractivity (Wildman–Crippen MR) is 91.1 cm³/mol. The first-order valence-electron chi connectivity index (χ1n) is 8.14. The van der Waals surface area contributed by atoms with Crippen molar-refractivity contribution in [2.24, 2.45) is 0 Å². The van der Waals surface area contributed by atoms with Gasteiger partial charge in [-0.2, -0.15) is 5.26 Å². The molecule has 0 spiro atoms. The molecule has 1 aliphatic heterocycles. The number of hydrogen-bond donors (Lipinski definition) is 1. The fourth-order valence-corrected chi connectivity index (χ4v) is 3.20. The molecule has 3 rings (SSSR count). The average molecular weight is 320 g/mol. The van der Waals surface area contributed by atoms with Crippen LogP contribution in [-0.2, 0) is 10.2 Å². The van der Waals surface area contributed by atoms with Crippen LogP contribution in [0.25, 0.3) is 0 Å². The van der Waals surface area contributed by atoms with Crippen molar-refractivity contribution in [3.05, 3.63) is 71.8 Å². The normalized spacial score (nSPS) is 14.8. The molecule has 1 saturated heterocycles. The Morgan fingerprint density at radius 3 is 2.00 bits per heavy atom. The first-order chi connectivity index (χ1) is 11.7. The van der Waals surface area contributed by atoms with E-state index in [9.17, 15) is 15.2 Å². The number of nitriles is 1. The minimum absolute atomic E-state index is 0.00760. The lowest BCUT2D eigenvalue weighted by Gasteiger charge is -2.37. The molecule has 1 aliphatic rings. The summed E-state index contributed by atoms with van der Waals surface area (Å²) >= 11 is 0. The van der Waals surface area contributed by atoms with Gasteiger partial charge in [-0.3, -0.25) is 4.79 Å². The second-order valence-corrected chi connectivity index (χ2v) is 6.20. The highest BCUT2D eigenvalue weighted by Gasteiger charge is 2.36. The zero-order valence-corrected chi connectivity index (χ0v) is 13.4. The van der Waals surface area contributed by atoms with Crippen molar-refractivity contribution >= 4 is 5.91 Å². The van der Waals surface area contributed by atoms with Gasteiger partial charge in [-0.05, 0) is 17.5 Å². The summed E-state index contributed by atoms with van der Waals surface area (Å²) in [6.45, 7) is 0.796. The molecule has 0 atom stereocenters. The van der Waals surface area contributed by atoms with Gasteiger partial charge in [-0.25, -0.2) is 0 Å². The van der Waals surface area contributed by atoms with E-state index in [1.807, 2.05) is 60.7 Å². The summed E-state index contributed by atoms with van der Waals surface area (Å²) in [7, 11) is 0. The Kier molecular flexibility index (Phi) is 4.64. The first kappa shape index (κ1) is 16.2. The van der Waals surface area contributed by atoms with E-state index in [0.717, 1.165) is 11.1 Å². The second kappa shape index (κ2) is 6.86. The van der Waals surface area contributed by atoms with E-state index >= 15 is 0 Å². The van der Waals surface area contributed by atoms with Gasteiger partial charge in [0, 0.05) is 19.5 Å². The Hall–Kier alpha value is -2.64. The lowest BCUT2D eigenvalue weighted by Crippen LogP contribution is -2.53. The minimum atomic E-state index is -0.846. The number of aliphatic hydroxyl groups is 1. The number of carbonyl (C=O) groups excluding carboxylic acids is 1. The summed E-state index contributed by atoms with van der Waals surface area (Å²) in [5.41, 5.74) is 0.951. The van der Waals surface area contributed by atoms with Crippen molar-refractivity contribution in [3.8, 4) is 6.07 Å². The number of carbonyl (C=O) groups is 1. The molecular formula is C20H20N2O2. The summed E-state index contributed by atoms with van der Waals surface area (Å²) in [4.78, 5) is 13.9. The number of likely N-dealkylation sites (tertiary alicyclic amines) is 1. The SMILES string of the molecule is N#CC(CCC(=O)N1CC(O)C1)(c1ccccc1)c1ccccc1. The van der Waals surface area contributed by atoms with Gasteiger partial charge >= 0.3 is 0 Å². The van der Waals surface area contributed by atoms with Crippen LogP contribution in [0.2, 0.25) is 0 Å². The molecule has 1 fully saturated rings. The van der Waals surface area contributed by atoms with Gasteiger partial charge in [0.2, 0.25) is 5.91 Å². The third-order valence-electron chi connectivity index (χ3n) is 4.65. The summed E-state index contributed by atoms with van der Waals surface area (Å²) < 4.78 is 0. The maximum atomic E-state index is 12.3. The summed E-state index contributed by atoms with van der Waals surface area (Å²) in [6.07, 6.45) is 0.297. The highest BCUT2D eigenvalue weighted by molar-refractivity contribution is 5.77. The van der Waals surface area contributed by atoms with Crippen LogP contribution in [0.4, 0.5) is 0 Å². The first-order valence-corrected chi connectivity index (χ1v) is 8.14. The van der Waals surface area contributed by atoms with E-state index < -0.39 is 11.5 Å². The van der Waals surface area contributed by atoms with Gasteiger partial charge in [0.25, 0.3) is 0 Å². The van der Waals surface area contributed by atoms with Crippen LogP contribution >= 0.6 is 0 Å². The van der Waals surface area contributed by atoms with Crippen LogP contribution < -0.4 is 0 Å². The maximum absolute atomic E-state index is 12.3. The van der Waals surface area contributed by atoms with Crippen molar-refractivity contribution < 1.29 is 9.90 Å². The summed E-state index contributed by atoms with van der Waals surface area (Å²) in [5.74, 6) is -0.00760. The van der Waals surface area contributed by atoms with Crippen LogP contribution in [0.5, 0.6) is 0 Å². The van der Waals surface area contributed by atoms with Crippen LogP contribution in [-0.4, -0.2) is 35.1 Å². The smallest absolute Gasteiger partial charge is 0.222 e. The van der Waals surface area contributed by atoms with Gasteiger partial charge in [0.05, 0.1) is 12.2 Å². The van der Waals surface area contributed by atoms with Gasteiger partial charge in [-0.15, -0.1) is 0 Å². The molecule has 0 radical (unpaired) electrons. The summed E-state index contributed by atoms with van der Waals surface area (Å²) in [6, 6.07) is 21.7. The molecule has 0 unspecified atom stereocenters. The van der Waals surface area contributed by atoms with Crippen molar-refractivity contribution in [3.63, 3.8) is 0 Å². The Bertz CT molecular complexity index is 692. The zero-order chi connectivity index (χ0) is 17.0. The van der Waals surface area contributed by atoms with E-state index in [0.29, 0.717) is 19.5 Å². The van der Waals surface area contributed by atoms with Gasteiger partial charge in [0.15, 0.2) is 0 Å². The summed E-state index contributed by atoms with van der Waals surface area (Å²) in [5, 5.41) is 19.4. The molecule has 1 N–H and O–H groups in total. The molecule has 24 heavy (non-hydrogen) atoms. The topological polar surface area (TPSA) is 64.3 Å². The van der Waals surface area contributed by atoms with Crippen molar-refractivity contribution in [1.82, 2.24) is 4.90 Å². The predicted octanol–water partition coefficient (Wildman–Crippen LogP) is 2.48. The number of aliphatic hydroxyl groups excluding tert-OH is 1. The number of β-amino-alcohol motifs (C(OH)–C–C–N with tert-alkyl or cyclic N) is 1. The molecule has 0 aliphatic carbocycles. The molecule has 0 saturated carbocycles. The standard InChI is InChI=1S/C20H20N2O2/c21-15-20(16-7-3-1-4-8-16,17-9-5-2-6-10-17)12-11-19(24)22-13-18(23)14-22/h1-10,18,23H,11-14H2. The van der Waals surface area contributed by atoms with E-state index in [2.05, 4.69) is 6.07 Å². The van der Waals surface area contributed by atoms with Crippen molar-refractivity contribution in [2.75, 3.05) is 13.1 Å². The Labute approximate surface area is 142 Å². The fraction of sp³-hybridized carbons (Fsp3) is 0.300. The van der Waals surface area contributed by atoms with Gasteiger partial charge < -0.3 is 10.0 Å². The third kappa shape index (κ3) is 3.04. The monoisotopic (exact) mass is 320 g/mol. The quantitative estimate of drug-likeness (QED) is 0.920. The van der Waals surface area contributed by atoms with Crippen LogP contribution in [0.15, 0.2) is 60.7 Å². The highest BCUT2D eigenvalue weighted by Crippen LogP contribution is 2.36. The molecule has 4 nitrogen and oxygen atoms in total. The second-order valence-electron chi connectivity index (χ2n) is 6.20. The molecule has 1 heterocycles. The van der Waals surface area contributed by atoms with E-state index in [1.165, 1.54) is 0 Å². The van der Waals surface area contributed by atoms with Gasteiger partial charge in [-0.1, -0.05) is 60.7 Å². The number of benzene rings is 2. The number of nitrogens with zero attached hydrogens (tertiary/aromatic N) is 2. The van der Waals surface area contributed by atoms with E-state index in [-0.39, 0.29) is 12.3 Å². The Balaban J connectivity index is 1.88. The molecule has 0 bridgehead atoms. The lowest BCUT2D eigenvalue weighted by atomic mass is 9.72. The highest BCUT2D eigenvalue weighted by atomic mass is 16.3. The van der Waals surface area contributed by atoms with E-state index in [4.69, 9.17) is 0 Å². The molecule has 1 amide bonds. The zero-order valence-electron chi connectivity index (χ0n) is 13.4. The molecule has 2 aromatic carbocycles. The molecular weight excluding hydrogens is 300 g/mol. The molecule has 4 heteroatoms. The van der Waals surface area contributed by atoms with Crippen molar-refractivity contribution in [1.29, 1.82) is 5.26 Å². The Morgan fingerprint density at radius 1 is 1.08 bits per heavy atom. The third-order valence-corrected chi connectivity index (χ3v) is 4.65. The number of hydrogen-bond acceptors (Lipinski definition) is 3. The number of amides is 1. The van der Waals surface area contributed by atoms with Crippen LogP contribution in [0.3, 0.4) is 0 Å². The molecule has 122 valence electrons. The van der Waals surface area contributed by atoms with Crippen LogP contribution in [0.1, 0.15) is 24.0 Å². The van der Waals surface area contributed by atoms with Crippen molar-refractivity contribution in [2.45, 2.75) is 24.4 Å². The largest absolute Gasteiger partial charge is 0.389 e. The lowest BCUT2D eigenvalue weighted by molar-refractivity contribution is -0.141. The Morgan fingerprint density at radius 2 is 1.58 bits per heavy atom. The van der Waals surface area contributed by atoms with E-state index in [1.54, 1.807) is 4.90 Å². The van der Waals surface area contributed by atoms with Gasteiger partial charge in [0.1, 0.15) is 5.41 Å². The molecule has 2 aromatic rings. The average Bonchev–Trinajstić information content (AvgIpc) is 2.61. The molecule has 0 aromatic heterocycles.